The van der Waals surface area contributed by atoms with Crippen molar-refractivity contribution in [3.63, 3.8) is 0 Å². The zero-order valence-corrected chi connectivity index (χ0v) is 13.0. The van der Waals surface area contributed by atoms with Crippen molar-refractivity contribution in [2.45, 2.75) is 5.38 Å². The van der Waals surface area contributed by atoms with Gasteiger partial charge in [0.15, 0.2) is 10.8 Å². The predicted octanol–water partition coefficient (Wildman–Crippen LogP) is 5.33. The first-order valence-electron chi connectivity index (χ1n) is 6.13. The fraction of sp³-hybridized carbons (Fsp3) is 0.0667. The van der Waals surface area contributed by atoms with Crippen LogP contribution in [0.3, 0.4) is 0 Å². The molecular formula is C15H9Cl2FN2S. The fourth-order valence-electron chi connectivity index (χ4n) is 1.88. The molecule has 2 aromatic carbocycles. The van der Waals surface area contributed by atoms with E-state index in [9.17, 15) is 4.39 Å². The van der Waals surface area contributed by atoms with Crippen LogP contribution < -0.4 is 0 Å². The molecule has 1 unspecified atom stereocenters. The number of benzene rings is 2. The number of alkyl halides is 1. The standard InChI is InChI=1S/C15H9Cl2FN2S/c16-11-8-4-7-10(13(11)18)14-19-20-15(21-14)12(17)9-5-2-1-3-6-9/h1-8,12H. The average molecular weight is 339 g/mol. The van der Waals surface area contributed by atoms with Crippen LogP contribution >= 0.6 is 34.5 Å². The first-order chi connectivity index (χ1) is 10.2. The first kappa shape index (κ1) is 14.4. The van der Waals surface area contributed by atoms with E-state index in [0.717, 1.165) is 5.56 Å². The smallest absolute Gasteiger partial charge is 0.152 e. The monoisotopic (exact) mass is 338 g/mol. The molecule has 0 aliphatic rings. The lowest BCUT2D eigenvalue weighted by atomic mass is 10.1. The van der Waals surface area contributed by atoms with E-state index in [0.29, 0.717) is 15.6 Å². The molecule has 0 spiro atoms. The van der Waals surface area contributed by atoms with Crippen LogP contribution in [-0.4, -0.2) is 10.2 Å². The Morgan fingerprint density at radius 3 is 2.52 bits per heavy atom. The van der Waals surface area contributed by atoms with Gasteiger partial charge in [-0.25, -0.2) is 4.39 Å². The summed E-state index contributed by atoms with van der Waals surface area (Å²) in [5.41, 5.74) is 1.26. The van der Waals surface area contributed by atoms with E-state index in [4.69, 9.17) is 23.2 Å². The molecule has 0 amide bonds. The summed E-state index contributed by atoms with van der Waals surface area (Å²) in [7, 11) is 0. The Balaban J connectivity index is 1.95. The molecule has 1 aromatic heterocycles. The van der Waals surface area contributed by atoms with Crippen LogP contribution in [0.5, 0.6) is 0 Å². The molecular weight excluding hydrogens is 330 g/mol. The van der Waals surface area contributed by atoms with Gasteiger partial charge in [-0.3, -0.25) is 0 Å². The highest BCUT2D eigenvalue weighted by molar-refractivity contribution is 7.15. The van der Waals surface area contributed by atoms with Crippen molar-refractivity contribution in [2.75, 3.05) is 0 Å². The fourth-order valence-corrected chi connectivity index (χ4v) is 3.25. The summed E-state index contributed by atoms with van der Waals surface area (Å²) < 4.78 is 14.0. The minimum atomic E-state index is -0.493. The number of hydrogen-bond acceptors (Lipinski definition) is 3. The molecule has 0 bridgehead atoms. The molecule has 1 atom stereocenters. The van der Waals surface area contributed by atoms with Gasteiger partial charge in [-0.1, -0.05) is 59.3 Å². The molecule has 3 rings (SSSR count). The molecule has 3 aromatic rings. The summed E-state index contributed by atoms with van der Waals surface area (Å²) in [6.07, 6.45) is 0. The van der Waals surface area contributed by atoms with E-state index in [1.807, 2.05) is 30.3 Å². The second kappa shape index (κ2) is 6.10. The molecule has 6 heteroatoms. The Morgan fingerprint density at radius 1 is 1.00 bits per heavy atom. The van der Waals surface area contributed by atoms with Gasteiger partial charge in [0.25, 0.3) is 0 Å². The normalized spacial score (nSPS) is 12.3. The van der Waals surface area contributed by atoms with Crippen molar-refractivity contribution >= 4 is 34.5 Å². The van der Waals surface area contributed by atoms with Crippen LogP contribution in [0.2, 0.25) is 5.02 Å². The highest BCUT2D eigenvalue weighted by Crippen LogP contribution is 2.35. The van der Waals surface area contributed by atoms with Gasteiger partial charge in [0.1, 0.15) is 10.4 Å². The summed E-state index contributed by atoms with van der Waals surface area (Å²) in [4.78, 5) is 0. The van der Waals surface area contributed by atoms with Gasteiger partial charge in [0.05, 0.1) is 5.02 Å². The molecule has 0 aliphatic heterocycles. The molecule has 0 radical (unpaired) electrons. The third-order valence-corrected chi connectivity index (χ3v) is 4.83. The lowest BCUT2D eigenvalue weighted by Crippen LogP contribution is -1.91. The number of aromatic nitrogens is 2. The Morgan fingerprint density at radius 2 is 1.76 bits per heavy atom. The summed E-state index contributed by atoms with van der Waals surface area (Å²) in [6, 6.07) is 14.4. The maximum Gasteiger partial charge on any atom is 0.152 e. The molecule has 0 fully saturated rings. The van der Waals surface area contributed by atoms with Crippen LogP contribution in [-0.2, 0) is 0 Å². The van der Waals surface area contributed by atoms with Crippen molar-refractivity contribution in [3.8, 4) is 10.6 Å². The molecule has 0 N–H and O–H groups in total. The number of rotatable bonds is 3. The van der Waals surface area contributed by atoms with Gasteiger partial charge in [0, 0.05) is 5.56 Å². The molecule has 0 aliphatic carbocycles. The topological polar surface area (TPSA) is 25.8 Å². The van der Waals surface area contributed by atoms with Crippen LogP contribution in [0.15, 0.2) is 48.5 Å². The van der Waals surface area contributed by atoms with E-state index in [2.05, 4.69) is 10.2 Å². The Kier molecular flexibility index (Phi) is 4.19. The van der Waals surface area contributed by atoms with E-state index in [1.54, 1.807) is 12.1 Å². The zero-order chi connectivity index (χ0) is 14.8. The summed E-state index contributed by atoms with van der Waals surface area (Å²) in [6.45, 7) is 0. The highest BCUT2D eigenvalue weighted by atomic mass is 35.5. The van der Waals surface area contributed by atoms with E-state index in [-0.39, 0.29) is 5.02 Å². The van der Waals surface area contributed by atoms with Crippen molar-refractivity contribution in [1.82, 2.24) is 10.2 Å². The van der Waals surface area contributed by atoms with Crippen LogP contribution in [0.4, 0.5) is 4.39 Å². The van der Waals surface area contributed by atoms with Gasteiger partial charge in [-0.2, -0.15) is 0 Å². The molecule has 106 valence electrons. The third-order valence-electron chi connectivity index (χ3n) is 2.93. The maximum absolute atomic E-state index is 14.0. The first-order valence-corrected chi connectivity index (χ1v) is 7.76. The van der Waals surface area contributed by atoms with Crippen molar-refractivity contribution in [2.24, 2.45) is 0 Å². The molecule has 1 heterocycles. The average Bonchev–Trinajstić information content (AvgIpc) is 3.00. The minimum Gasteiger partial charge on any atom is -0.205 e. The molecule has 0 saturated carbocycles. The number of hydrogen-bond donors (Lipinski definition) is 0. The Hall–Kier alpha value is -1.49. The Labute approximate surface area is 135 Å². The van der Waals surface area contributed by atoms with Crippen molar-refractivity contribution < 1.29 is 4.39 Å². The quantitative estimate of drug-likeness (QED) is 0.603. The summed E-state index contributed by atoms with van der Waals surface area (Å²) in [5.74, 6) is -0.493. The van der Waals surface area contributed by atoms with Crippen LogP contribution in [0, 0.1) is 5.82 Å². The SMILES string of the molecule is Fc1c(Cl)cccc1-c1nnc(C(Cl)c2ccccc2)s1. The van der Waals surface area contributed by atoms with Crippen molar-refractivity contribution in [1.29, 1.82) is 0 Å². The molecule has 2 nitrogen and oxygen atoms in total. The summed E-state index contributed by atoms with van der Waals surface area (Å²) >= 11 is 13.4. The summed E-state index contributed by atoms with van der Waals surface area (Å²) in [5, 5.41) is 8.84. The van der Waals surface area contributed by atoms with Gasteiger partial charge in [-0.05, 0) is 17.7 Å². The third kappa shape index (κ3) is 2.93. The highest BCUT2D eigenvalue weighted by Gasteiger charge is 2.19. The maximum atomic E-state index is 14.0. The number of nitrogens with zero attached hydrogens (tertiary/aromatic N) is 2. The minimum absolute atomic E-state index is 0.0646. The largest absolute Gasteiger partial charge is 0.205 e. The van der Waals surface area contributed by atoms with Crippen LogP contribution in [0.1, 0.15) is 15.9 Å². The van der Waals surface area contributed by atoms with Gasteiger partial charge in [0.2, 0.25) is 0 Å². The Bertz CT molecular complexity index is 761. The second-order valence-corrected chi connectivity index (χ2v) is 6.17. The van der Waals surface area contributed by atoms with E-state index < -0.39 is 11.2 Å². The lowest BCUT2D eigenvalue weighted by molar-refractivity contribution is 0.631. The molecule has 21 heavy (non-hydrogen) atoms. The van der Waals surface area contributed by atoms with Gasteiger partial charge in [-0.15, -0.1) is 21.8 Å². The zero-order valence-electron chi connectivity index (χ0n) is 10.6. The van der Waals surface area contributed by atoms with Crippen molar-refractivity contribution in [3.05, 3.63) is 69.9 Å². The lowest BCUT2D eigenvalue weighted by Gasteiger charge is -2.04. The van der Waals surface area contributed by atoms with Crippen LogP contribution in [0.25, 0.3) is 10.6 Å². The van der Waals surface area contributed by atoms with E-state index in [1.165, 1.54) is 17.4 Å². The molecule has 0 saturated heterocycles. The van der Waals surface area contributed by atoms with Gasteiger partial charge < -0.3 is 0 Å². The van der Waals surface area contributed by atoms with E-state index >= 15 is 0 Å². The number of halogens is 3. The predicted molar refractivity (Wildman–Crippen MR) is 84.5 cm³/mol. The van der Waals surface area contributed by atoms with Gasteiger partial charge >= 0.3 is 0 Å². The second-order valence-electron chi connectivity index (χ2n) is 4.32.